The lowest BCUT2D eigenvalue weighted by Crippen LogP contribution is -2.43. The molecule has 0 aliphatic carbocycles. The number of halogens is 1. The fourth-order valence-corrected chi connectivity index (χ4v) is 5.44. The van der Waals surface area contributed by atoms with E-state index in [4.69, 9.17) is 13.9 Å². The van der Waals surface area contributed by atoms with Gasteiger partial charge in [-0.25, -0.2) is 4.79 Å². The molecule has 3 aromatic rings. The first kappa shape index (κ1) is 24.8. The Kier molecular flexibility index (Phi) is 6.58. The molecule has 1 aromatic heterocycles. The number of hydrogen-bond donors (Lipinski definition) is 0. The van der Waals surface area contributed by atoms with Crippen LogP contribution in [0.1, 0.15) is 49.7 Å². The SMILES string of the molecule is CCOC(=O)c1cn2c3c(cc(I)cc3c1=O)OC(c1cccc(O[Si](C)(C)C(C)(C)C)c1)C2. The molecule has 1 aliphatic rings. The van der Waals surface area contributed by atoms with Crippen molar-refractivity contribution in [2.45, 2.75) is 58.5 Å². The number of carbonyl (C=O) groups is 1. The number of aromatic nitrogens is 1. The van der Waals surface area contributed by atoms with E-state index in [9.17, 15) is 9.59 Å². The summed E-state index contributed by atoms with van der Waals surface area (Å²) in [6, 6.07) is 11.7. The van der Waals surface area contributed by atoms with Crippen LogP contribution in [-0.2, 0) is 11.3 Å². The summed E-state index contributed by atoms with van der Waals surface area (Å²) in [5.41, 5.74) is 1.38. The van der Waals surface area contributed by atoms with Crippen LogP contribution in [0.3, 0.4) is 0 Å². The molecule has 0 fully saturated rings. The van der Waals surface area contributed by atoms with Gasteiger partial charge in [0.2, 0.25) is 13.7 Å². The van der Waals surface area contributed by atoms with Crippen LogP contribution >= 0.6 is 22.6 Å². The maximum atomic E-state index is 13.1. The normalized spacial score (nSPS) is 15.7. The Morgan fingerprint density at radius 2 is 1.97 bits per heavy atom. The van der Waals surface area contributed by atoms with Crippen molar-refractivity contribution >= 4 is 47.8 Å². The predicted octanol–water partition coefficient (Wildman–Crippen LogP) is 6.30. The second-order valence-electron chi connectivity index (χ2n) is 10.1. The molecule has 2 heterocycles. The molecular weight excluding hydrogens is 561 g/mol. The molecule has 2 aromatic carbocycles. The molecule has 0 N–H and O–H groups in total. The average Bonchev–Trinajstić information content (AvgIpc) is 2.74. The lowest BCUT2D eigenvalue weighted by Gasteiger charge is -2.36. The molecule has 0 saturated carbocycles. The minimum absolute atomic E-state index is 0.0398. The summed E-state index contributed by atoms with van der Waals surface area (Å²) in [6.07, 6.45) is 1.30. The number of carbonyl (C=O) groups excluding carboxylic acids is 1. The molecule has 1 aliphatic heterocycles. The Morgan fingerprint density at radius 3 is 2.65 bits per heavy atom. The highest BCUT2D eigenvalue weighted by Crippen LogP contribution is 2.40. The van der Waals surface area contributed by atoms with E-state index in [1.165, 1.54) is 0 Å². The van der Waals surface area contributed by atoms with Crippen LogP contribution in [0.4, 0.5) is 0 Å². The van der Waals surface area contributed by atoms with Crippen molar-refractivity contribution in [1.82, 2.24) is 4.57 Å². The second kappa shape index (κ2) is 9.03. The van der Waals surface area contributed by atoms with Gasteiger partial charge in [-0.2, -0.15) is 0 Å². The van der Waals surface area contributed by atoms with Gasteiger partial charge in [-0.05, 0) is 77.5 Å². The monoisotopic (exact) mass is 591 g/mol. The summed E-state index contributed by atoms with van der Waals surface area (Å²) in [5, 5.41) is 0.547. The third-order valence-electron chi connectivity index (χ3n) is 6.64. The summed E-state index contributed by atoms with van der Waals surface area (Å²) in [6.45, 7) is 13.5. The molecule has 1 atom stereocenters. The van der Waals surface area contributed by atoms with Crippen LogP contribution < -0.4 is 14.6 Å². The van der Waals surface area contributed by atoms with Crippen molar-refractivity contribution in [1.29, 1.82) is 0 Å². The average molecular weight is 592 g/mol. The number of pyridine rings is 1. The molecule has 0 amide bonds. The van der Waals surface area contributed by atoms with Gasteiger partial charge in [-0.15, -0.1) is 0 Å². The number of rotatable bonds is 5. The van der Waals surface area contributed by atoms with Gasteiger partial charge in [-0.1, -0.05) is 32.9 Å². The van der Waals surface area contributed by atoms with Crippen LogP contribution in [0.15, 0.2) is 47.4 Å². The van der Waals surface area contributed by atoms with Crippen molar-refractivity contribution in [2.75, 3.05) is 6.61 Å². The van der Waals surface area contributed by atoms with Crippen molar-refractivity contribution in [2.24, 2.45) is 0 Å². The number of benzene rings is 2. The molecule has 6 nitrogen and oxygen atoms in total. The number of ether oxygens (including phenoxy) is 2. The minimum Gasteiger partial charge on any atom is -0.543 e. The van der Waals surface area contributed by atoms with Gasteiger partial charge >= 0.3 is 5.97 Å². The maximum absolute atomic E-state index is 13.1. The lowest BCUT2D eigenvalue weighted by molar-refractivity contribution is 0.0523. The molecule has 0 bridgehead atoms. The summed E-state index contributed by atoms with van der Waals surface area (Å²) in [4.78, 5) is 25.6. The van der Waals surface area contributed by atoms with E-state index in [2.05, 4.69) is 56.5 Å². The van der Waals surface area contributed by atoms with Crippen LogP contribution in [0, 0.1) is 3.57 Å². The van der Waals surface area contributed by atoms with E-state index in [1.54, 1.807) is 19.2 Å². The Balaban J connectivity index is 1.75. The van der Waals surface area contributed by atoms with Crippen molar-refractivity contribution in [3.63, 3.8) is 0 Å². The summed E-state index contributed by atoms with van der Waals surface area (Å²) < 4.78 is 20.8. The molecule has 34 heavy (non-hydrogen) atoms. The van der Waals surface area contributed by atoms with Crippen LogP contribution in [0.2, 0.25) is 18.1 Å². The predicted molar refractivity (Wildman–Crippen MR) is 145 cm³/mol. The molecule has 0 radical (unpaired) electrons. The largest absolute Gasteiger partial charge is 0.543 e. The van der Waals surface area contributed by atoms with E-state index in [1.807, 2.05) is 34.9 Å². The zero-order valence-electron chi connectivity index (χ0n) is 20.4. The van der Waals surface area contributed by atoms with Gasteiger partial charge in [0.15, 0.2) is 0 Å². The van der Waals surface area contributed by atoms with E-state index < -0.39 is 14.3 Å². The van der Waals surface area contributed by atoms with Crippen LogP contribution in [0.5, 0.6) is 11.5 Å². The lowest BCUT2D eigenvalue weighted by atomic mass is 10.0. The molecule has 0 saturated heterocycles. The summed E-state index contributed by atoms with van der Waals surface area (Å²) >= 11 is 2.16. The van der Waals surface area contributed by atoms with Gasteiger partial charge in [0.1, 0.15) is 23.2 Å². The Labute approximate surface area is 214 Å². The first-order valence-corrected chi connectivity index (χ1v) is 15.4. The first-order chi connectivity index (χ1) is 15.9. The fourth-order valence-electron chi connectivity index (χ4n) is 3.82. The van der Waals surface area contributed by atoms with E-state index >= 15 is 0 Å². The number of hydrogen-bond acceptors (Lipinski definition) is 5. The van der Waals surface area contributed by atoms with Gasteiger partial charge in [0.25, 0.3) is 0 Å². The second-order valence-corrected chi connectivity index (χ2v) is 16.1. The van der Waals surface area contributed by atoms with Gasteiger partial charge in [0, 0.05) is 9.77 Å². The summed E-state index contributed by atoms with van der Waals surface area (Å²) in [7, 11) is -1.99. The van der Waals surface area contributed by atoms with E-state index in [-0.39, 0.29) is 28.7 Å². The zero-order chi connectivity index (χ0) is 24.8. The zero-order valence-corrected chi connectivity index (χ0v) is 23.6. The summed E-state index contributed by atoms with van der Waals surface area (Å²) in [5.74, 6) is 0.853. The van der Waals surface area contributed by atoms with Gasteiger partial charge in [-0.3, -0.25) is 4.79 Å². The molecule has 4 rings (SSSR count). The first-order valence-electron chi connectivity index (χ1n) is 11.4. The standard InChI is InChI=1S/C26H30INO5Si/c1-7-31-25(30)20-14-28-15-22(32-21-13-17(27)12-19(23(21)28)24(20)29)16-9-8-10-18(11-16)33-34(5,6)26(2,3)4/h8-14,22H,7,15H2,1-6H3. The highest BCUT2D eigenvalue weighted by Gasteiger charge is 2.39. The fraction of sp³-hybridized carbons (Fsp3) is 0.385. The van der Waals surface area contributed by atoms with Gasteiger partial charge in [0.05, 0.1) is 24.1 Å². The Hall–Kier alpha value is -2.33. The van der Waals surface area contributed by atoms with Gasteiger partial charge < -0.3 is 18.5 Å². The molecule has 0 spiro atoms. The third-order valence-corrected chi connectivity index (χ3v) is 11.6. The number of nitrogens with zero attached hydrogens (tertiary/aromatic N) is 1. The van der Waals surface area contributed by atoms with E-state index in [0.29, 0.717) is 23.2 Å². The van der Waals surface area contributed by atoms with Crippen molar-refractivity contribution in [3.05, 3.63) is 67.5 Å². The topological polar surface area (TPSA) is 66.8 Å². The quantitative estimate of drug-likeness (QED) is 0.198. The smallest absolute Gasteiger partial charge is 0.343 e. The molecular formula is C26H30INO5Si. The molecule has 180 valence electrons. The molecule has 1 unspecified atom stereocenters. The third kappa shape index (κ3) is 4.62. The van der Waals surface area contributed by atoms with E-state index in [0.717, 1.165) is 14.9 Å². The van der Waals surface area contributed by atoms with Crippen LogP contribution in [-0.4, -0.2) is 25.5 Å². The van der Waals surface area contributed by atoms with Crippen LogP contribution in [0.25, 0.3) is 10.9 Å². The van der Waals surface area contributed by atoms with Crippen molar-refractivity contribution in [3.8, 4) is 11.5 Å². The maximum Gasteiger partial charge on any atom is 0.343 e. The minimum atomic E-state index is -1.99. The Bertz CT molecular complexity index is 1330. The highest BCUT2D eigenvalue weighted by molar-refractivity contribution is 14.1. The van der Waals surface area contributed by atoms with Crippen molar-refractivity contribution < 1.29 is 18.7 Å². The number of esters is 1. The highest BCUT2D eigenvalue weighted by atomic mass is 127. The molecule has 8 heteroatoms. The Morgan fingerprint density at radius 1 is 1.24 bits per heavy atom.